The molecule has 1 N–H and O–H groups in total. The summed E-state index contributed by atoms with van der Waals surface area (Å²) in [5.41, 5.74) is 2.07. The molecule has 8 heteroatoms. The van der Waals surface area contributed by atoms with E-state index < -0.39 is 11.9 Å². The molecule has 0 radical (unpaired) electrons. The van der Waals surface area contributed by atoms with Crippen molar-refractivity contribution in [2.45, 2.75) is 6.54 Å². The van der Waals surface area contributed by atoms with Crippen LogP contribution in [0.3, 0.4) is 0 Å². The van der Waals surface area contributed by atoms with E-state index in [1.807, 2.05) is 12.1 Å². The Hall–Kier alpha value is -3.10. The number of anilines is 1. The first kappa shape index (κ1) is 19.2. The zero-order valence-corrected chi connectivity index (χ0v) is 15.9. The quantitative estimate of drug-likeness (QED) is 0.745. The van der Waals surface area contributed by atoms with Crippen LogP contribution >= 0.6 is 0 Å². The second-order valence-electron chi connectivity index (χ2n) is 6.78. The van der Waals surface area contributed by atoms with Crippen LogP contribution in [0.4, 0.5) is 5.69 Å². The van der Waals surface area contributed by atoms with Gasteiger partial charge in [0.05, 0.1) is 18.8 Å². The molecule has 1 amide bonds. The lowest BCUT2D eigenvalue weighted by molar-refractivity contribution is -0.119. The molecule has 152 valence electrons. The molecule has 0 atom stereocenters. The van der Waals surface area contributed by atoms with Crippen LogP contribution in [0, 0.1) is 0 Å². The topological polar surface area (TPSA) is 86.3 Å². The molecule has 2 aromatic carbocycles. The smallest absolute Gasteiger partial charge is 0.338 e. The molecular weight excluding hydrogens is 376 g/mol. The Morgan fingerprint density at radius 1 is 1.00 bits per heavy atom. The minimum Gasteiger partial charge on any atom is -0.454 e. The van der Waals surface area contributed by atoms with E-state index in [2.05, 4.69) is 10.2 Å². The Morgan fingerprint density at radius 2 is 1.76 bits per heavy atom. The maximum absolute atomic E-state index is 12.2. The first-order valence-electron chi connectivity index (χ1n) is 9.43. The number of amides is 1. The third-order valence-electron chi connectivity index (χ3n) is 4.69. The molecular formula is C21H22N2O6. The molecule has 0 aliphatic carbocycles. The van der Waals surface area contributed by atoms with E-state index in [1.165, 1.54) is 0 Å². The SMILES string of the molecule is O=C(COC(=O)c1ccc(CN2CCOCC2)cc1)Nc1ccc2c(c1)OCO2. The average Bonchev–Trinajstić information content (AvgIpc) is 3.21. The highest BCUT2D eigenvalue weighted by atomic mass is 16.7. The molecule has 2 aliphatic heterocycles. The number of carbonyl (C=O) groups excluding carboxylic acids is 2. The van der Waals surface area contributed by atoms with Crippen molar-refractivity contribution in [1.29, 1.82) is 0 Å². The number of nitrogens with zero attached hydrogens (tertiary/aromatic N) is 1. The lowest BCUT2D eigenvalue weighted by Gasteiger charge is -2.26. The van der Waals surface area contributed by atoms with Crippen LogP contribution in [0.15, 0.2) is 42.5 Å². The molecule has 2 aliphatic rings. The number of benzene rings is 2. The van der Waals surface area contributed by atoms with Gasteiger partial charge in [0, 0.05) is 31.4 Å². The molecule has 0 bridgehead atoms. The van der Waals surface area contributed by atoms with Crippen LogP contribution in [0.1, 0.15) is 15.9 Å². The van der Waals surface area contributed by atoms with Crippen LogP contribution in [-0.2, 0) is 20.8 Å². The summed E-state index contributed by atoms with van der Waals surface area (Å²) in [5, 5.41) is 2.67. The minimum atomic E-state index is -0.538. The third-order valence-corrected chi connectivity index (χ3v) is 4.69. The van der Waals surface area contributed by atoms with Gasteiger partial charge >= 0.3 is 5.97 Å². The van der Waals surface area contributed by atoms with Gasteiger partial charge in [-0.25, -0.2) is 4.79 Å². The maximum Gasteiger partial charge on any atom is 0.338 e. The maximum atomic E-state index is 12.2. The summed E-state index contributed by atoms with van der Waals surface area (Å²) >= 11 is 0. The van der Waals surface area contributed by atoms with Gasteiger partial charge in [-0.1, -0.05) is 12.1 Å². The van der Waals surface area contributed by atoms with Gasteiger partial charge in [-0.15, -0.1) is 0 Å². The number of carbonyl (C=O) groups is 2. The van der Waals surface area contributed by atoms with E-state index in [4.69, 9.17) is 18.9 Å². The third kappa shape index (κ3) is 5.04. The number of hydrogen-bond acceptors (Lipinski definition) is 7. The van der Waals surface area contributed by atoms with Gasteiger partial charge in [-0.2, -0.15) is 0 Å². The second-order valence-corrected chi connectivity index (χ2v) is 6.78. The van der Waals surface area contributed by atoms with Crippen molar-refractivity contribution in [1.82, 2.24) is 4.90 Å². The van der Waals surface area contributed by atoms with Gasteiger partial charge in [0.15, 0.2) is 18.1 Å². The van der Waals surface area contributed by atoms with Crippen molar-refractivity contribution >= 4 is 17.6 Å². The van der Waals surface area contributed by atoms with Gasteiger partial charge in [0.1, 0.15) is 0 Å². The van der Waals surface area contributed by atoms with Gasteiger partial charge < -0.3 is 24.3 Å². The Kier molecular flexibility index (Phi) is 5.92. The highest BCUT2D eigenvalue weighted by Gasteiger charge is 2.16. The highest BCUT2D eigenvalue weighted by molar-refractivity contribution is 5.95. The minimum absolute atomic E-state index is 0.162. The van der Waals surface area contributed by atoms with Crippen molar-refractivity contribution in [3.05, 3.63) is 53.6 Å². The first-order valence-corrected chi connectivity index (χ1v) is 9.43. The van der Waals surface area contributed by atoms with Crippen LogP contribution in [0.2, 0.25) is 0 Å². The van der Waals surface area contributed by atoms with Gasteiger partial charge in [0.2, 0.25) is 6.79 Å². The molecule has 0 spiro atoms. The summed E-state index contributed by atoms with van der Waals surface area (Å²) < 4.78 is 20.9. The fourth-order valence-corrected chi connectivity index (χ4v) is 3.15. The van der Waals surface area contributed by atoms with Crippen molar-refractivity contribution in [3.8, 4) is 11.5 Å². The molecule has 0 unspecified atom stereocenters. The lowest BCUT2D eigenvalue weighted by Crippen LogP contribution is -2.35. The number of hydrogen-bond donors (Lipinski definition) is 1. The van der Waals surface area contributed by atoms with E-state index >= 15 is 0 Å². The Labute approximate surface area is 168 Å². The molecule has 0 aromatic heterocycles. The molecule has 1 fully saturated rings. The number of morpholine rings is 1. The first-order chi connectivity index (χ1) is 14.2. The van der Waals surface area contributed by atoms with E-state index in [-0.39, 0.29) is 13.4 Å². The summed E-state index contributed by atoms with van der Waals surface area (Å²) in [5.74, 6) is 0.230. The normalized spacial score (nSPS) is 15.7. The standard InChI is InChI=1S/C21H22N2O6/c24-20(22-17-5-6-18-19(11-17)29-14-28-18)13-27-21(25)16-3-1-15(2-4-16)12-23-7-9-26-10-8-23/h1-6,11H,7-10,12-14H2,(H,22,24). The fraction of sp³-hybridized carbons (Fsp3) is 0.333. The van der Waals surface area contributed by atoms with E-state index in [9.17, 15) is 9.59 Å². The second kappa shape index (κ2) is 8.93. The van der Waals surface area contributed by atoms with Crippen LogP contribution < -0.4 is 14.8 Å². The number of fused-ring (bicyclic) bond motifs is 1. The Balaban J connectivity index is 1.25. The molecule has 29 heavy (non-hydrogen) atoms. The summed E-state index contributed by atoms with van der Waals surface area (Å²) in [6, 6.07) is 12.3. The number of esters is 1. The largest absolute Gasteiger partial charge is 0.454 e. The van der Waals surface area contributed by atoms with Crippen molar-refractivity contribution in [2.24, 2.45) is 0 Å². The summed E-state index contributed by atoms with van der Waals surface area (Å²) in [6.07, 6.45) is 0. The van der Waals surface area contributed by atoms with E-state index in [0.717, 1.165) is 38.4 Å². The van der Waals surface area contributed by atoms with E-state index in [1.54, 1.807) is 30.3 Å². The van der Waals surface area contributed by atoms with Crippen LogP contribution in [0.5, 0.6) is 11.5 Å². The predicted octanol–water partition coefficient (Wildman–Crippen LogP) is 2.04. The lowest BCUT2D eigenvalue weighted by atomic mass is 10.1. The summed E-state index contributed by atoms with van der Waals surface area (Å²) in [6.45, 7) is 3.91. The molecule has 0 saturated carbocycles. The van der Waals surface area contributed by atoms with Crippen molar-refractivity contribution < 1.29 is 28.5 Å². The summed E-state index contributed by atoms with van der Waals surface area (Å²) in [7, 11) is 0. The molecule has 2 aromatic rings. The number of nitrogens with one attached hydrogen (secondary N) is 1. The number of rotatable bonds is 6. The van der Waals surface area contributed by atoms with Gasteiger partial charge in [-0.3, -0.25) is 9.69 Å². The highest BCUT2D eigenvalue weighted by Crippen LogP contribution is 2.34. The van der Waals surface area contributed by atoms with Crippen LogP contribution in [0.25, 0.3) is 0 Å². The zero-order valence-electron chi connectivity index (χ0n) is 15.9. The zero-order chi connectivity index (χ0) is 20.1. The molecule has 4 rings (SSSR count). The average molecular weight is 398 g/mol. The summed E-state index contributed by atoms with van der Waals surface area (Å²) in [4.78, 5) is 26.5. The Bertz CT molecular complexity index is 877. The van der Waals surface area contributed by atoms with Gasteiger partial charge in [0.25, 0.3) is 5.91 Å². The van der Waals surface area contributed by atoms with Crippen molar-refractivity contribution in [3.63, 3.8) is 0 Å². The van der Waals surface area contributed by atoms with Crippen molar-refractivity contribution in [2.75, 3.05) is 45.0 Å². The van der Waals surface area contributed by atoms with Gasteiger partial charge in [-0.05, 0) is 29.8 Å². The fourth-order valence-electron chi connectivity index (χ4n) is 3.15. The Morgan fingerprint density at radius 3 is 2.55 bits per heavy atom. The number of ether oxygens (including phenoxy) is 4. The predicted molar refractivity (Wildman–Crippen MR) is 104 cm³/mol. The monoisotopic (exact) mass is 398 g/mol. The van der Waals surface area contributed by atoms with E-state index in [0.29, 0.717) is 22.7 Å². The molecule has 2 heterocycles. The molecule has 8 nitrogen and oxygen atoms in total. The molecule has 1 saturated heterocycles. The van der Waals surface area contributed by atoms with Crippen LogP contribution in [-0.4, -0.2) is 56.5 Å².